The summed E-state index contributed by atoms with van der Waals surface area (Å²) in [5.41, 5.74) is 0.735. The van der Waals surface area contributed by atoms with Gasteiger partial charge in [-0.2, -0.15) is 0 Å². The molecule has 2 N–H and O–H groups in total. The lowest BCUT2D eigenvalue weighted by molar-refractivity contribution is -0.117. The fourth-order valence-electron chi connectivity index (χ4n) is 2.64. The molecule has 2 amide bonds. The molecule has 3 rings (SSSR count). The standard InChI is InChI=1S/C20H17FN4O5S/c1-13(26)24-31(29,30)17-8-6-16(7-9-17)23-19(27)11-25-12-22-18(10-20(25)28)14-2-4-15(21)5-3-14/h2-10,12H,11H2,1H3,(H,23,27)(H,24,26). The van der Waals surface area contributed by atoms with Crippen LogP contribution in [-0.2, 0) is 26.2 Å². The van der Waals surface area contributed by atoms with Crippen LogP contribution in [0, 0.1) is 5.82 Å². The number of halogens is 1. The molecule has 0 saturated heterocycles. The quantitative estimate of drug-likeness (QED) is 0.593. The molecular formula is C20H17FN4O5S. The number of nitrogens with one attached hydrogen (secondary N) is 2. The Morgan fingerprint density at radius 3 is 2.29 bits per heavy atom. The van der Waals surface area contributed by atoms with Gasteiger partial charge < -0.3 is 5.32 Å². The SMILES string of the molecule is CC(=O)NS(=O)(=O)c1ccc(NC(=O)Cn2cnc(-c3ccc(F)cc3)cc2=O)cc1. The van der Waals surface area contributed by atoms with Gasteiger partial charge in [0.1, 0.15) is 12.4 Å². The minimum absolute atomic E-state index is 0.141. The highest BCUT2D eigenvalue weighted by molar-refractivity contribution is 7.90. The van der Waals surface area contributed by atoms with Crippen molar-refractivity contribution in [3.05, 3.63) is 77.1 Å². The number of sulfonamides is 1. The summed E-state index contributed by atoms with van der Waals surface area (Å²) in [6.45, 7) is 0.761. The Morgan fingerprint density at radius 2 is 1.71 bits per heavy atom. The lowest BCUT2D eigenvalue weighted by atomic mass is 10.1. The highest BCUT2D eigenvalue weighted by Gasteiger charge is 2.15. The molecule has 0 aliphatic heterocycles. The summed E-state index contributed by atoms with van der Waals surface area (Å²) in [7, 11) is -3.98. The maximum absolute atomic E-state index is 13.0. The van der Waals surface area contributed by atoms with Crippen LogP contribution in [0.3, 0.4) is 0 Å². The average molecular weight is 444 g/mol. The molecule has 1 heterocycles. The van der Waals surface area contributed by atoms with Crippen molar-refractivity contribution in [2.75, 3.05) is 5.32 Å². The summed E-state index contributed by atoms with van der Waals surface area (Å²) >= 11 is 0. The number of carbonyl (C=O) groups is 2. The Balaban J connectivity index is 1.67. The van der Waals surface area contributed by atoms with Gasteiger partial charge >= 0.3 is 0 Å². The van der Waals surface area contributed by atoms with E-state index in [1.165, 1.54) is 60.9 Å². The number of carbonyl (C=O) groups excluding carboxylic acids is 2. The van der Waals surface area contributed by atoms with Gasteiger partial charge in [-0.1, -0.05) is 0 Å². The molecule has 31 heavy (non-hydrogen) atoms. The average Bonchev–Trinajstić information content (AvgIpc) is 2.69. The Bertz CT molecular complexity index is 1290. The molecule has 160 valence electrons. The van der Waals surface area contributed by atoms with E-state index in [4.69, 9.17) is 0 Å². The van der Waals surface area contributed by atoms with Crippen molar-refractivity contribution in [2.45, 2.75) is 18.4 Å². The van der Waals surface area contributed by atoms with Crippen LogP contribution in [0.5, 0.6) is 0 Å². The zero-order valence-corrected chi connectivity index (χ0v) is 17.0. The number of hydrogen-bond acceptors (Lipinski definition) is 6. The molecule has 11 heteroatoms. The van der Waals surface area contributed by atoms with Gasteiger partial charge in [0, 0.05) is 24.2 Å². The van der Waals surface area contributed by atoms with Crippen molar-refractivity contribution in [1.29, 1.82) is 0 Å². The van der Waals surface area contributed by atoms with Crippen LogP contribution >= 0.6 is 0 Å². The second-order valence-electron chi connectivity index (χ2n) is 6.48. The third kappa shape index (κ3) is 5.60. The normalized spacial score (nSPS) is 11.0. The van der Waals surface area contributed by atoms with Crippen molar-refractivity contribution in [2.24, 2.45) is 0 Å². The summed E-state index contributed by atoms with van der Waals surface area (Å²) in [5, 5.41) is 2.54. The number of rotatable bonds is 6. The predicted octanol–water partition coefficient (Wildman–Crippen LogP) is 1.51. The molecule has 9 nitrogen and oxygen atoms in total. The van der Waals surface area contributed by atoms with E-state index in [2.05, 4.69) is 10.3 Å². The maximum Gasteiger partial charge on any atom is 0.264 e. The van der Waals surface area contributed by atoms with Crippen LogP contribution in [0.2, 0.25) is 0 Å². The van der Waals surface area contributed by atoms with E-state index >= 15 is 0 Å². The number of benzene rings is 2. The number of aromatic nitrogens is 2. The molecule has 2 aromatic carbocycles. The first-order chi connectivity index (χ1) is 14.6. The third-order valence-electron chi connectivity index (χ3n) is 4.06. The zero-order chi connectivity index (χ0) is 22.6. The molecule has 0 saturated carbocycles. The van der Waals surface area contributed by atoms with Crippen LogP contribution in [0.4, 0.5) is 10.1 Å². The number of anilines is 1. The summed E-state index contributed by atoms with van der Waals surface area (Å²) in [4.78, 5) is 39.5. The minimum atomic E-state index is -3.98. The van der Waals surface area contributed by atoms with Crippen molar-refractivity contribution in [3.63, 3.8) is 0 Å². The third-order valence-corrected chi connectivity index (χ3v) is 5.51. The van der Waals surface area contributed by atoms with E-state index in [0.717, 1.165) is 11.5 Å². The second-order valence-corrected chi connectivity index (χ2v) is 8.16. The molecular weight excluding hydrogens is 427 g/mol. The minimum Gasteiger partial charge on any atom is -0.325 e. The molecule has 0 bridgehead atoms. The Labute approximate surface area is 176 Å². The van der Waals surface area contributed by atoms with Gasteiger partial charge in [0.2, 0.25) is 11.8 Å². The van der Waals surface area contributed by atoms with Crippen LogP contribution in [0.15, 0.2) is 70.6 Å². The largest absolute Gasteiger partial charge is 0.325 e. The first kappa shape index (κ1) is 21.8. The van der Waals surface area contributed by atoms with Crippen molar-refractivity contribution in [3.8, 4) is 11.3 Å². The molecule has 0 fully saturated rings. The van der Waals surface area contributed by atoms with Crippen molar-refractivity contribution in [1.82, 2.24) is 14.3 Å². The highest BCUT2D eigenvalue weighted by Crippen LogP contribution is 2.16. The van der Waals surface area contributed by atoms with Gasteiger partial charge in [0.15, 0.2) is 0 Å². The smallest absolute Gasteiger partial charge is 0.264 e. The molecule has 0 radical (unpaired) electrons. The molecule has 0 aliphatic rings. The van der Waals surface area contributed by atoms with E-state index in [-0.39, 0.29) is 11.4 Å². The first-order valence-electron chi connectivity index (χ1n) is 8.90. The Hall–Kier alpha value is -3.86. The van der Waals surface area contributed by atoms with E-state index in [1.807, 2.05) is 4.72 Å². The number of amides is 2. The summed E-state index contributed by atoms with van der Waals surface area (Å²) in [6.07, 6.45) is 1.21. The van der Waals surface area contributed by atoms with Gasteiger partial charge in [-0.25, -0.2) is 22.5 Å². The summed E-state index contributed by atoms with van der Waals surface area (Å²) in [6, 6.07) is 11.9. The van der Waals surface area contributed by atoms with E-state index in [1.54, 1.807) is 0 Å². The molecule has 3 aromatic rings. The zero-order valence-electron chi connectivity index (χ0n) is 16.2. The lowest BCUT2D eigenvalue weighted by Crippen LogP contribution is -2.28. The maximum atomic E-state index is 13.0. The van der Waals surface area contributed by atoms with E-state index in [0.29, 0.717) is 16.9 Å². The van der Waals surface area contributed by atoms with Crippen LogP contribution < -0.4 is 15.6 Å². The molecule has 0 aliphatic carbocycles. The topological polar surface area (TPSA) is 127 Å². The predicted molar refractivity (Wildman–Crippen MR) is 110 cm³/mol. The van der Waals surface area contributed by atoms with Gasteiger partial charge in [-0.15, -0.1) is 0 Å². The Kier molecular flexibility index (Phi) is 6.25. The molecule has 0 spiro atoms. The van der Waals surface area contributed by atoms with E-state index < -0.39 is 33.2 Å². The Morgan fingerprint density at radius 1 is 1.06 bits per heavy atom. The molecule has 0 unspecified atom stereocenters. The fraction of sp³-hybridized carbons (Fsp3) is 0.100. The first-order valence-corrected chi connectivity index (χ1v) is 10.4. The van der Waals surface area contributed by atoms with Gasteiger partial charge in [-0.3, -0.25) is 19.0 Å². The lowest BCUT2D eigenvalue weighted by Gasteiger charge is -2.09. The van der Waals surface area contributed by atoms with Gasteiger partial charge in [-0.05, 0) is 48.5 Å². The van der Waals surface area contributed by atoms with Crippen LogP contribution in [0.1, 0.15) is 6.92 Å². The summed E-state index contributed by atoms with van der Waals surface area (Å²) in [5.74, 6) is -1.66. The number of hydrogen-bond donors (Lipinski definition) is 2. The van der Waals surface area contributed by atoms with Gasteiger partial charge in [0.05, 0.1) is 16.9 Å². The molecule has 0 atom stereocenters. The van der Waals surface area contributed by atoms with Crippen molar-refractivity contribution >= 4 is 27.5 Å². The van der Waals surface area contributed by atoms with Crippen molar-refractivity contribution < 1.29 is 22.4 Å². The van der Waals surface area contributed by atoms with E-state index in [9.17, 15) is 27.2 Å². The monoisotopic (exact) mass is 444 g/mol. The van der Waals surface area contributed by atoms with Crippen LogP contribution in [0.25, 0.3) is 11.3 Å². The van der Waals surface area contributed by atoms with Crippen LogP contribution in [-0.4, -0.2) is 29.8 Å². The second kappa shape index (κ2) is 8.88. The molecule has 1 aromatic heterocycles. The summed E-state index contributed by atoms with van der Waals surface area (Å²) < 4.78 is 39.8. The fourth-order valence-corrected chi connectivity index (χ4v) is 3.63. The van der Waals surface area contributed by atoms with Gasteiger partial charge in [0.25, 0.3) is 15.6 Å². The number of nitrogens with zero attached hydrogens (tertiary/aromatic N) is 2. The highest BCUT2D eigenvalue weighted by atomic mass is 32.2.